The number of rotatable bonds is 3. The number of aromatic nitrogens is 1. The van der Waals surface area contributed by atoms with Gasteiger partial charge in [-0.3, -0.25) is 14.5 Å². The van der Waals surface area contributed by atoms with Gasteiger partial charge in [0.15, 0.2) is 0 Å². The molecule has 1 aromatic carbocycles. The molecule has 0 radical (unpaired) electrons. The van der Waals surface area contributed by atoms with Crippen LogP contribution in [0.25, 0.3) is 10.2 Å². The number of fused-ring (bicyclic) bond motifs is 4. The largest absolute Gasteiger partial charge is 0.480 e. The van der Waals surface area contributed by atoms with E-state index in [2.05, 4.69) is 4.98 Å². The molecule has 2 aliphatic rings. The molecule has 25 heavy (non-hydrogen) atoms. The molecular formula is C17H19N3O4S. The summed E-state index contributed by atoms with van der Waals surface area (Å²) < 4.78 is 6.77. The number of aliphatic carboxylic acids is 1. The first kappa shape index (κ1) is 16.4. The van der Waals surface area contributed by atoms with Crippen LogP contribution in [0.1, 0.15) is 10.4 Å². The molecule has 132 valence electrons. The number of carbonyl (C=O) groups excluding carboxylic acids is 1. The van der Waals surface area contributed by atoms with Gasteiger partial charge in [-0.15, -0.1) is 11.3 Å². The summed E-state index contributed by atoms with van der Waals surface area (Å²) in [6.07, 6.45) is 0. The van der Waals surface area contributed by atoms with Crippen molar-refractivity contribution in [3.8, 4) is 0 Å². The van der Waals surface area contributed by atoms with Crippen LogP contribution in [0.15, 0.2) is 23.7 Å². The number of carboxylic acids is 1. The summed E-state index contributed by atoms with van der Waals surface area (Å²) in [5.74, 6) is -0.751. The highest BCUT2D eigenvalue weighted by molar-refractivity contribution is 7.16. The predicted molar refractivity (Wildman–Crippen MR) is 92.8 cm³/mol. The highest BCUT2D eigenvalue weighted by Gasteiger charge is 2.36. The van der Waals surface area contributed by atoms with E-state index in [4.69, 9.17) is 9.84 Å². The summed E-state index contributed by atoms with van der Waals surface area (Å²) in [6.45, 7) is 2.75. The van der Waals surface area contributed by atoms with E-state index in [0.29, 0.717) is 38.4 Å². The van der Waals surface area contributed by atoms with Gasteiger partial charge in [0, 0.05) is 31.1 Å². The summed E-state index contributed by atoms with van der Waals surface area (Å²) in [5.41, 5.74) is 3.23. The minimum Gasteiger partial charge on any atom is -0.480 e. The molecule has 2 saturated heterocycles. The van der Waals surface area contributed by atoms with E-state index in [1.54, 1.807) is 16.8 Å². The number of carboxylic acid groups (broad SMARTS) is 1. The van der Waals surface area contributed by atoms with Crippen molar-refractivity contribution in [2.45, 2.75) is 6.04 Å². The van der Waals surface area contributed by atoms with Crippen molar-refractivity contribution in [1.82, 2.24) is 14.8 Å². The smallest absolute Gasteiger partial charge is 0.317 e. The average Bonchev–Trinajstić information content (AvgIpc) is 2.86. The minimum absolute atomic E-state index is 0.000185. The number of hydrogen-bond acceptors (Lipinski definition) is 6. The second-order valence-electron chi connectivity index (χ2n) is 6.64. The van der Waals surface area contributed by atoms with Crippen molar-refractivity contribution in [3.63, 3.8) is 0 Å². The fourth-order valence-corrected chi connectivity index (χ4v) is 4.32. The number of thiazole rings is 1. The first-order valence-electron chi connectivity index (χ1n) is 8.26. The molecule has 2 atom stereocenters. The van der Waals surface area contributed by atoms with E-state index in [-0.39, 0.29) is 24.4 Å². The van der Waals surface area contributed by atoms with Gasteiger partial charge in [-0.25, -0.2) is 4.98 Å². The molecule has 3 heterocycles. The van der Waals surface area contributed by atoms with Gasteiger partial charge in [0.25, 0.3) is 5.91 Å². The van der Waals surface area contributed by atoms with E-state index in [0.717, 1.165) is 10.2 Å². The summed E-state index contributed by atoms with van der Waals surface area (Å²) in [6, 6.07) is 5.47. The third-order valence-electron chi connectivity index (χ3n) is 4.74. The zero-order chi connectivity index (χ0) is 17.4. The van der Waals surface area contributed by atoms with Crippen LogP contribution in [0.5, 0.6) is 0 Å². The molecule has 1 N–H and O–H groups in total. The van der Waals surface area contributed by atoms with Crippen molar-refractivity contribution in [1.29, 1.82) is 0 Å². The molecule has 7 nitrogen and oxygen atoms in total. The third-order valence-corrected chi connectivity index (χ3v) is 5.55. The third kappa shape index (κ3) is 3.37. The van der Waals surface area contributed by atoms with Gasteiger partial charge in [-0.05, 0) is 18.2 Å². The molecule has 2 bridgehead atoms. The monoisotopic (exact) mass is 361 g/mol. The Morgan fingerprint density at radius 3 is 3.00 bits per heavy atom. The number of amides is 1. The fraction of sp³-hybridized carbons (Fsp3) is 0.471. The van der Waals surface area contributed by atoms with Gasteiger partial charge in [-0.2, -0.15) is 0 Å². The molecule has 0 aliphatic carbocycles. The lowest BCUT2D eigenvalue weighted by atomic mass is 10.1. The van der Waals surface area contributed by atoms with Crippen molar-refractivity contribution in [2.75, 3.05) is 39.4 Å². The maximum atomic E-state index is 13.1. The molecule has 1 amide bonds. The summed E-state index contributed by atoms with van der Waals surface area (Å²) in [5, 5.41) is 9.09. The van der Waals surface area contributed by atoms with E-state index in [9.17, 15) is 9.59 Å². The fourth-order valence-electron chi connectivity index (χ4n) is 3.67. The van der Waals surface area contributed by atoms with Gasteiger partial charge >= 0.3 is 5.97 Å². The van der Waals surface area contributed by atoms with Crippen LogP contribution in [0.3, 0.4) is 0 Å². The van der Waals surface area contributed by atoms with Gasteiger partial charge in [0.1, 0.15) is 0 Å². The van der Waals surface area contributed by atoms with Gasteiger partial charge < -0.3 is 14.7 Å². The molecule has 2 aromatic rings. The number of nitrogens with zero attached hydrogens (tertiary/aromatic N) is 3. The molecule has 2 fully saturated rings. The van der Waals surface area contributed by atoms with Crippen LogP contribution in [0.2, 0.25) is 0 Å². The van der Waals surface area contributed by atoms with Crippen molar-refractivity contribution in [2.24, 2.45) is 5.92 Å². The first-order valence-corrected chi connectivity index (χ1v) is 9.14. The summed E-state index contributed by atoms with van der Waals surface area (Å²) >= 11 is 1.55. The van der Waals surface area contributed by atoms with Gasteiger partial charge in [0.2, 0.25) is 0 Å². The molecular weight excluding hydrogens is 342 g/mol. The molecule has 4 rings (SSSR count). The van der Waals surface area contributed by atoms with Crippen LogP contribution in [0.4, 0.5) is 0 Å². The quantitative estimate of drug-likeness (QED) is 0.883. The van der Waals surface area contributed by atoms with Crippen molar-refractivity contribution < 1.29 is 19.4 Å². The highest BCUT2D eigenvalue weighted by Crippen LogP contribution is 2.24. The Hall–Kier alpha value is -2.03. The van der Waals surface area contributed by atoms with E-state index in [1.807, 2.05) is 28.0 Å². The Morgan fingerprint density at radius 1 is 1.28 bits per heavy atom. The van der Waals surface area contributed by atoms with E-state index in [1.165, 1.54) is 0 Å². The minimum atomic E-state index is -0.840. The Kier molecular flexibility index (Phi) is 4.41. The van der Waals surface area contributed by atoms with Crippen molar-refractivity contribution in [3.05, 3.63) is 29.3 Å². The lowest BCUT2D eigenvalue weighted by molar-refractivity contribution is -0.138. The normalized spacial score (nSPS) is 24.2. The predicted octanol–water partition coefficient (Wildman–Crippen LogP) is 1.15. The number of carbonyl (C=O) groups is 2. The van der Waals surface area contributed by atoms with Crippen LogP contribution in [-0.4, -0.2) is 77.2 Å². The second-order valence-corrected chi connectivity index (χ2v) is 7.52. The van der Waals surface area contributed by atoms with E-state index < -0.39 is 5.97 Å². The van der Waals surface area contributed by atoms with Gasteiger partial charge in [0.05, 0.1) is 41.5 Å². The second kappa shape index (κ2) is 6.70. The molecule has 1 aromatic heterocycles. The van der Waals surface area contributed by atoms with Gasteiger partial charge in [-0.1, -0.05) is 0 Å². The topological polar surface area (TPSA) is 83.0 Å². The average molecular weight is 361 g/mol. The summed E-state index contributed by atoms with van der Waals surface area (Å²) in [7, 11) is 0. The van der Waals surface area contributed by atoms with Crippen molar-refractivity contribution >= 4 is 33.4 Å². The SMILES string of the molecule is O=C(O)CN1C[C@@H]2COC[C@H](C1)N(C(=O)c1ccc3scnc3c1)C2. The molecule has 0 unspecified atom stereocenters. The maximum absolute atomic E-state index is 13.1. The molecule has 0 saturated carbocycles. The molecule has 0 spiro atoms. The Balaban J connectivity index is 1.60. The van der Waals surface area contributed by atoms with Crippen LogP contribution >= 0.6 is 11.3 Å². The highest BCUT2D eigenvalue weighted by atomic mass is 32.1. The summed E-state index contributed by atoms with van der Waals surface area (Å²) in [4.78, 5) is 32.2. The van der Waals surface area contributed by atoms with Crippen LogP contribution < -0.4 is 0 Å². The Bertz CT molecular complexity index is 808. The van der Waals surface area contributed by atoms with Crippen LogP contribution in [0, 0.1) is 5.92 Å². The number of ether oxygens (including phenoxy) is 1. The maximum Gasteiger partial charge on any atom is 0.317 e. The first-order chi connectivity index (χ1) is 12.1. The van der Waals surface area contributed by atoms with Crippen LogP contribution in [-0.2, 0) is 9.53 Å². The zero-order valence-corrected chi connectivity index (χ0v) is 14.4. The zero-order valence-electron chi connectivity index (χ0n) is 13.6. The Labute approximate surface area is 148 Å². The lowest BCUT2D eigenvalue weighted by Gasteiger charge is -2.30. The standard InChI is InChI=1S/C17H19N3O4S/c21-16(22)7-19-4-11-5-20(13(6-19)9-24-8-11)17(23)12-1-2-15-14(3-12)18-10-25-15/h1-3,10-11,13H,4-9H2,(H,21,22)/t11-,13-/m0/s1. The molecule has 2 aliphatic heterocycles. The Morgan fingerprint density at radius 2 is 2.16 bits per heavy atom. The number of hydrogen-bond donors (Lipinski definition) is 1. The molecule has 8 heteroatoms. The lowest BCUT2D eigenvalue weighted by Crippen LogP contribution is -2.47. The van der Waals surface area contributed by atoms with E-state index >= 15 is 0 Å². The number of benzene rings is 1.